The van der Waals surface area contributed by atoms with Gasteiger partial charge in [0.1, 0.15) is 5.75 Å². The maximum atomic E-state index is 11.9. The summed E-state index contributed by atoms with van der Waals surface area (Å²) in [5.74, 6) is 1.31. The largest absolute Gasteiger partial charge is 0.424 e. The second-order valence-electron chi connectivity index (χ2n) is 4.97. The Bertz CT molecular complexity index is 616. The van der Waals surface area contributed by atoms with E-state index in [9.17, 15) is 4.79 Å². The van der Waals surface area contributed by atoms with E-state index < -0.39 is 0 Å². The number of ether oxygens (including phenoxy) is 1. The van der Waals surface area contributed by atoms with Crippen molar-refractivity contribution in [3.8, 4) is 11.8 Å². The molecule has 5 nitrogen and oxygen atoms in total. The molecule has 102 valence electrons. The first kappa shape index (κ1) is 12.6. The summed E-state index contributed by atoms with van der Waals surface area (Å²) in [4.78, 5) is 19.9. The molecule has 0 radical (unpaired) electrons. The van der Waals surface area contributed by atoms with Crippen LogP contribution in [0.25, 0.3) is 0 Å². The predicted octanol–water partition coefficient (Wildman–Crippen LogP) is 2.86. The Morgan fingerprint density at radius 2 is 2.05 bits per heavy atom. The van der Waals surface area contributed by atoms with Gasteiger partial charge in [0.25, 0.3) is 0 Å². The zero-order valence-electron chi connectivity index (χ0n) is 11.1. The lowest BCUT2D eigenvalue weighted by Crippen LogP contribution is -2.14. The van der Waals surface area contributed by atoms with Crippen LogP contribution in [0.2, 0.25) is 0 Å². The van der Waals surface area contributed by atoms with E-state index in [1.165, 1.54) is 0 Å². The molecular formula is C15H15N3O2. The molecule has 0 aliphatic heterocycles. The fourth-order valence-corrected chi connectivity index (χ4v) is 2.00. The Hall–Kier alpha value is -2.43. The standard InChI is InChI=1S/C15H15N3O2/c1-10-8-13(10)14(19)18-11-4-2-5-12(9-11)20-15-16-6-3-7-17-15/h2-7,9-10,13H,8H2,1H3,(H,18,19)/t10-,13+/m1/s1. The van der Waals surface area contributed by atoms with Crippen molar-refractivity contribution < 1.29 is 9.53 Å². The van der Waals surface area contributed by atoms with E-state index in [-0.39, 0.29) is 17.8 Å². The molecule has 1 aliphatic rings. The van der Waals surface area contributed by atoms with Gasteiger partial charge in [-0.25, -0.2) is 9.97 Å². The molecule has 2 atom stereocenters. The van der Waals surface area contributed by atoms with Crippen molar-refractivity contribution in [3.05, 3.63) is 42.7 Å². The number of nitrogens with zero attached hydrogens (tertiary/aromatic N) is 2. The number of hydrogen-bond donors (Lipinski definition) is 1. The van der Waals surface area contributed by atoms with Crippen LogP contribution >= 0.6 is 0 Å². The summed E-state index contributed by atoms with van der Waals surface area (Å²) in [5.41, 5.74) is 0.725. The van der Waals surface area contributed by atoms with Crippen LogP contribution in [0.3, 0.4) is 0 Å². The van der Waals surface area contributed by atoms with Gasteiger partial charge in [0.2, 0.25) is 5.91 Å². The lowest BCUT2D eigenvalue weighted by molar-refractivity contribution is -0.117. The Morgan fingerprint density at radius 1 is 1.30 bits per heavy atom. The molecule has 0 saturated heterocycles. The van der Waals surface area contributed by atoms with Crippen LogP contribution in [0, 0.1) is 11.8 Å². The molecule has 1 saturated carbocycles. The summed E-state index contributed by atoms with van der Waals surface area (Å²) < 4.78 is 5.52. The zero-order chi connectivity index (χ0) is 13.9. The summed E-state index contributed by atoms with van der Waals surface area (Å²) in [6, 6.07) is 9.23. The molecule has 1 fully saturated rings. The van der Waals surface area contributed by atoms with Gasteiger partial charge in [-0.3, -0.25) is 4.79 Å². The number of amides is 1. The van der Waals surface area contributed by atoms with Gasteiger partial charge in [0, 0.05) is 30.1 Å². The molecule has 20 heavy (non-hydrogen) atoms. The summed E-state index contributed by atoms with van der Waals surface area (Å²) in [7, 11) is 0. The van der Waals surface area contributed by atoms with Gasteiger partial charge in [-0.15, -0.1) is 0 Å². The quantitative estimate of drug-likeness (QED) is 0.927. The second-order valence-corrected chi connectivity index (χ2v) is 4.97. The monoisotopic (exact) mass is 269 g/mol. The third-order valence-electron chi connectivity index (χ3n) is 3.30. The van der Waals surface area contributed by atoms with E-state index in [1.54, 1.807) is 30.6 Å². The lowest BCUT2D eigenvalue weighted by atomic mass is 10.2. The number of rotatable bonds is 4. The van der Waals surface area contributed by atoms with Crippen molar-refractivity contribution >= 4 is 11.6 Å². The van der Waals surface area contributed by atoms with Crippen molar-refractivity contribution in [1.82, 2.24) is 9.97 Å². The van der Waals surface area contributed by atoms with Gasteiger partial charge < -0.3 is 10.1 Å². The van der Waals surface area contributed by atoms with E-state index in [4.69, 9.17) is 4.74 Å². The van der Waals surface area contributed by atoms with Crippen molar-refractivity contribution in [2.45, 2.75) is 13.3 Å². The van der Waals surface area contributed by atoms with Crippen molar-refractivity contribution in [3.63, 3.8) is 0 Å². The molecule has 0 spiro atoms. The maximum absolute atomic E-state index is 11.9. The number of nitrogens with one attached hydrogen (secondary N) is 1. The lowest BCUT2D eigenvalue weighted by Gasteiger charge is -2.07. The molecule has 3 rings (SSSR count). The number of carbonyl (C=O) groups excluding carboxylic acids is 1. The maximum Gasteiger partial charge on any atom is 0.321 e. The molecule has 1 aliphatic carbocycles. The average Bonchev–Trinajstić information content (AvgIpc) is 3.18. The molecular weight excluding hydrogens is 254 g/mol. The van der Waals surface area contributed by atoms with Gasteiger partial charge in [0.05, 0.1) is 0 Å². The third kappa shape index (κ3) is 2.93. The zero-order valence-corrected chi connectivity index (χ0v) is 11.1. The van der Waals surface area contributed by atoms with Gasteiger partial charge in [-0.2, -0.15) is 0 Å². The highest BCUT2D eigenvalue weighted by molar-refractivity contribution is 5.94. The number of aromatic nitrogens is 2. The van der Waals surface area contributed by atoms with Crippen LogP contribution in [0.4, 0.5) is 5.69 Å². The second kappa shape index (κ2) is 5.28. The highest BCUT2D eigenvalue weighted by Gasteiger charge is 2.39. The fourth-order valence-electron chi connectivity index (χ4n) is 2.00. The van der Waals surface area contributed by atoms with Crippen LogP contribution in [0.1, 0.15) is 13.3 Å². The van der Waals surface area contributed by atoms with Gasteiger partial charge in [-0.1, -0.05) is 13.0 Å². The number of hydrogen-bond acceptors (Lipinski definition) is 4. The SMILES string of the molecule is C[C@@H]1C[C@@H]1C(=O)Nc1cccc(Oc2ncccn2)c1. The van der Waals surface area contributed by atoms with E-state index in [2.05, 4.69) is 22.2 Å². The van der Waals surface area contributed by atoms with Crippen molar-refractivity contribution in [1.29, 1.82) is 0 Å². The Labute approximate surface area is 117 Å². The van der Waals surface area contributed by atoms with Crippen LogP contribution in [-0.4, -0.2) is 15.9 Å². The average molecular weight is 269 g/mol. The molecule has 1 amide bonds. The highest BCUT2D eigenvalue weighted by Crippen LogP contribution is 2.38. The Morgan fingerprint density at radius 3 is 2.75 bits per heavy atom. The molecule has 0 unspecified atom stereocenters. The summed E-state index contributed by atoms with van der Waals surface area (Å²) in [6.07, 6.45) is 4.20. The van der Waals surface area contributed by atoms with E-state index >= 15 is 0 Å². The number of carbonyl (C=O) groups is 1. The molecule has 1 N–H and O–H groups in total. The number of anilines is 1. The molecule has 2 aromatic rings. The Balaban J connectivity index is 1.68. The van der Waals surface area contributed by atoms with Crippen LogP contribution in [-0.2, 0) is 4.79 Å². The van der Waals surface area contributed by atoms with Crippen molar-refractivity contribution in [2.75, 3.05) is 5.32 Å². The van der Waals surface area contributed by atoms with E-state index in [1.807, 2.05) is 12.1 Å². The summed E-state index contributed by atoms with van der Waals surface area (Å²) in [6.45, 7) is 2.08. The first-order valence-electron chi connectivity index (χ1n) is 6.58. The molecule has 0 bridgehead atoms. The fraction of sp³-hybridized carbons (Fsp3) is 0.267. The number of benzene rings is 1. The van der Waals surface area contributed by atoms with Crippen molar-refractivity contribution in [2.24, 2.45) is 11.8 Å². The minimum atomic E-state index is 0.0746. The van der Waals surface area contributed by atoms with Crippen LogP contribution in [0.15, 0.2) is 42.7 Å². The topological polar surface area (TPSA) is 64.1 Å². The minimum absolute atomic E-state index is 0.0746. The van der Waals surface area contributed by atoms with Gasteiger partial charge in [-0.05, 0) is 30.5 Å². The summed E-state index contributed by atoms with van der Waals surface area (Å²) in [5, 5.41) is 2.90. The smallest absolute Gasteiger partial charge is 0.321 e. The molecule has 1 heterocycles. The van der Waals surface area contributed by atoms with E-state index in [0.29, 0.717) is 11.7 Å². The third-order valence-corrected chi connectivity index (χ3v) is 3.30. The normalized spacial score (nSPS) is 20.2. The van der Waals surface area contributed by atoms with Crippen LogP contribution in [0.5, 0.6) is 11.8 Å². The summed E-state index contributed by atoms with van der Waals surface area (Å²) >= 11 is 0. The Kier molecular flexibility index (Phi) is 3.33. The molecule has 1 aromatic carbocycles. The molecule has 5 heteroatoms. The van der Waals surface area contributed by atoms with Crippen LogP contribution < -0.4 is 10.1 Å². The highest BCUT2D eigenvalue weighted by atomic mass is 16.5. The minimum Gasteiger partial charge on any atom is -0.424 e. The van der Waals surface area contributed by atoms with Gasteiger partial charge >= 0.3 is 6.01 Å². The predicted molar refractivity (Wildman–Crippen MR) is 74.4 cm³/mol. The van der Waals surface area contributed by atoms with E-state index in [0.717, 1.165) is 12.1 Å². The first-order chi connectivity index (χ1) is 9.72. The molecule has 1 aromatic heterocycles. The van der Waals surface area contributed by atoms with Gasteiger partial charge in [0.15, 0.2) is 0 Å². The first-order valence-corrected chi connectivity index (χ1v) is 6.58.